The molecule has 0 atom stereocenters. The van der Waals surface area contributed by atoms with Crippen LogP contribution in [0.4, 0.5) is 5.69 Å². The number of carbonyl (C=O) groups is 1. The van der Waals surface area contributed by atoms with E-state index >= 15 is 0 Å². The van der Waals surface area contributed by atoms with E-state index in [1.165, 1.54) is 0 Å². The lowest BCUT2D eigenvalue weighted by Crippen LogP contribution is -2.36. The van der Waals surface area contributed by atoms with E-state index in [1.54, 1.807) is 0 Å². The number of anilines is 1. The van der Waals surface area contributed by atoms with Gasteiger partial charge in [0.25, 0.3) is 5.91 Å². The molecular formula is C17H26N2O. The third-order valence-corrected chi connectivity index (χ3v) is 3.52. The number of hydrogen-bond acceptors (Lipinski definition) is 2. The van der Waals surface area contributed by atoms with Crippen molar-refractivity contribution in [3.05, 3.63) is 29.8 Å². The van der Waals surface area contributed by atoms with Gasteiger partial charge in [0.05, 0.1) is 0 Å². The van der Waals surface area contributed by atoms with Gasteiger partial charge in [-0.3, -0.25) is 4.79 Å². The molecule has 0 spiro atoms. The Labute approximate surface area is 122 Å². The number of benzene rings is 1. The van der Waals surface area contributed by atoms with Crippen molar-refractivity contribution in [2.75, 3.05) is 18.4 Å². The van der Waals surface area contributed by atoms with Crippen LogP contribution >= 0.6 is 0 Å². The summed E-state index contributed by atoms with van der Waals surface area (Å²) < 4.78 is 0. The topological polar surface area (TPSA) is 32.3 Å². The second-order valence-electron chi connectivity index (χ2n) is 6.09. The molecule has 3 heteroatoms. The zero-order valence-corrected chi connectivity index (χ0v) is 12.9. The van der Waals surface area contributed by atoms with Crippen LogP contribution < -0.4 is 5.32 Å². The van der Waals surface area contributed by atoms with Crippen LogP contribution in [0.5, 0.6) is 0 Å². The van der Waals surface area contributed by atoms with Gasteiger partial charge in [0, 0.05) is 30.4 Å². The van der Waals surface area contributed by atoms with Crippen LogP contribution in [-0.2, 0) is 0 Å². The van der Waals surface area contributed by atoms with E-state index in [1.807, 2.05) is 24.3 Å². The lowest BCUT2D eigenvalue weighted by atomic mass is 10.1. The van der Waals surface area contributed by atoms with E-state index < -0.39 is 0 Å². The number of amides is 1. The molecule has 1 N–H and O–H groups in total. The molecule has 1 amide bonds. The number of rotatable bonds is 7. The number of hydrogen-bond donors (Lipinski definition) is 1. The van der Waals surface area contributed by atoms with Crippen molar-refractivity contribution in [3.63, 3.8) is 0 Å². The van der Waals surface area contributed by atoms with Gasteiger partial charge >= 0.3 is 0 Å². The summed E-state index contributed by atoms with van der Waals surface area (Å²) in [4.78, 5) is 14.6. The minimum Gasteiger partial charge on any atom is -0.385 e. The highest BCUT2D eigenvalue weighted by Gasteiger charge is 2.33. The van der Waals surface area contributed by atoms with Gasteiger partial charge < -0.3 is 10.2 Å². The maximum absolute atomic E-state index is 12.6. The van der Waals surface area contributed by atoms with Crippen LogP contribution in [0.3, 0.4) is 0 Å². The second kappa shape index (κ2) is 6.78. The minimum atomic E-state index is 0.184. The molecule has 0 radical (unpaired) electrons. The van der Waals surface area contributed by atoms with Crippen molar-refractivity contribution in [1.29, 1.82) is 0 Å². The Balaban J connectivity index is 2.03. The Morgan fingerprint density at radius 2 is 1.95 bits per heavy atom. The molecule has 0 unspecified atom stereocenters. The summed E-state index contributed by atoms with van der Waals surface area (Å²) in [5.41, 5.74) is 1.89. The quantitative estimate of drug-likeness (QED) is 0.821. The Hall–Kier alpha value is -1.51. The van der Waals surface area contributed by atoms with Crippen molar-refractivity contribution in [1.82, 2.24) is 4.90 Å². The molecule has 1 aromatic carbocycles. The highest BCUT2D eigenvalue weighted by Crippen LogP contribution is 2.29. The van der Waals surface area contributed by atoms with Crippen LogP contribution in [-0.4, -0.2) is 29.9 Å². The molecule has 20 heavy (non-hydrogen) atoms. The molecule has 3 nitrogen and oxygen atoms in total. The van der Waals surface area contributed by atoms with E-state index in [9.17, 15) is 4.79 Å². The third kappa shape index (κ3) is 3.99. The van der Waals surface area contributed by atoms with Crippen molar-refractivity contribution in [3.8, 4) is 0 Å². The lowest BCUT2D eigenvalue weighted by molar-refractivity contribution is 0.0722. The first-order valence-corrected chi connectivity index (χ1v) is 7.76. The zero-order chi connectivity index (χ0) is 14.5. The summed E-state index contributed by atoms with van der Waals surface area (Å²) in [6.45, 7) is 8.30. The van der Waals surface area contributed by atoms with Gasteiger partial charge in [0.1, 0.15) is 0 Å². The summed E-state index contributed by atoms with van der Waals surface area (Å²) >= 11 is 0. The van der Waals surface area contributed by atoms with E-state index in [0.29, 0.717) is 12.0 Å². The fourth-order valence-corrected chi connectivity index (χ4v) is 2.34. The van der Waals surface area contributed by atoms with Crippen LogP contribution in [0.15, 0.2) is 24.3 Å². The van der Waals surface area contributed by atoms with Crippen LogP contribution in [0.1, 0.15) is 50.4 Å². The molecule has 0 aliphatic heterocycles. The van der Waals surface area contributed by atoms with Gasteiger partial charge in [0.15, 0.2) is 0 Å². The van der Waals surface area contributed by atoms with Gasteiger partial charge in [-0.15, -0.1) is 0 Å². The van der Waals surface area contributed by atoms with E-state index in [2.05, 4.69) is 31.0 Å². The van der Waals surface area contributed by atoms with Gasteiger partial charge in [-0.1, -0.05) is 20.8 Å². The Morgan fingerprint density at radius 1 is 1.30 bits per heavy atom. The predicted octanol–water partition coefficient (Wildman–Crippen LogP) is 3.77. The van der Waals surface area contributed by atoms with Crippen molar-refractivity contribution >= 4 is 11.6 Å². The van der Waals surface area contributed by atoms with Crippen molar-refractivity contribution in [2.24, 2.45) is 5.92 Å². The predicted molar refractivity (Wildman–Crippen MR) is 84.1 cm³/mol. The number of nitrogens with zero attached hydrogens (tertiary/aromatic N) is 1. The van der Waals surface area contributed by atoms with Gasteiger partial charge in [-0.25, -0.2) is 0 Å². The average molecular weight is 274 g/mol. The SMILES string of the molecule is CCCNc1ccc(C(=O)N(CC(C)C)C2CC2)cc1. The van der Waals surface area contributed by atoms with Crippen molar-refractivity contribution < 1.29 is 4.79 Å². The monoisotopic (exact) mass is 274 g/mol. The fourth-order valence-electron chi connectivity index (χ4n) is 2.34. The Morgan fingerprint density at radius 3 is 2.45 bits per heavy atom. The molecule has 1 aliphatic carbocycles. The lowest BCUT2D eigenvalue weighted by Gasteiger charge is -2.24. The Bertz CT molecular complexity index is 435. The smallest absolute Gasteiger partial charge is 0.254 e. The zero-order valence-electron chi connectivity index (χ0n) is 12.9. The first kappa shape index (κ1) is 14.9. The molecule has 0 bridgehead atoms. The van der Waals surface area contributed by atoms with E-state index in [-0.39, 0.29) is 5.91 Å². The molecule has 1 saturated carbocycles. The molecular weight excluding hydrogens is 248 g/mol. The highest BCUT2D eigenvalue weighted by molar-refractivity contribution is 5.95. The molecule has 0 aromatic heterocycles. The first-order valence-electron chi connectivity index (χ1n) is 7.76. The molecule has 0 heterocycles. The van der Waals surface area contributed by atoms with Crippen molar-refractivity contribution in [2.45, 2.75) is 46.1 Å². The van der Waals surface area contributed by atoms with Gasteiger partial charge in [-0.2, -0.15) is 0 Å². The van der Waals surface area contributed by atoms with Crippen LogP contribution in [0.25, 0.3) is 0 Å². The molecule has 0 saturated heterocycles. The third-order valence-electron chi connectivity index (χ3n) is 3.52. The standard InChI is InChI=1S/C17H26N2O/c1-4-11-18-15-7-5-14(6-8-15)17(20)19(12-13(2)3)16-9-10-16/h5-8,13,16,18H,4,9-12H2,1-3H3. The summed E-state index contributed by atoms with van der Waals surface area (Å²) in [6.07, 6.45) is 3.42. The van der Waals surface area contributed by atoms with Crippen LogP contribution in [0, 0.1) is 5.92 Å². The molecule has 2 rings (SSSR count). The minimum absolute atomic E-state index is 0.184. The number of nitrogens with one attached hydrogen (secondary N) is 1. The average Bonchev–Trinajstić information content (AvgIpc) is 3.26. The van der Waals surface area contributed by atoms with Gasteiger partial charge in [-0.05, 0) is 49.4 Å². The summed E-state index contributed by atoms with van der Waals surface area (Å²) in [5.74, 6) is 0.702. The summed E-state index contributed by atoms with van der Waals surface area (Å²) in [6, 6.07) is 8.36. The van der Waals surface area contributed by atoms with E-state index in [0.717, 1.165) is 43.6 Å². The molecule has 1 aromatic rings. The summed E-state index contributed by atoms with van der Waals surface area (Å²) in [5, 5.41) is 3.33. The number of carbonyl (C=O) groups excluding carboxylic acids is 1. The highest BCUT2D eigenvalue weighted by atomic mass is 16.2. The summed E-state index contributed by atoms with van der Waals surface area (Å²) in [7, 11) is 0. The Kier molecular flexibility index (Phi) is 5.05. The maximum Gasteiger partial charge on any atom is 0.254 e. The van der Waals surface area contributed by atoms with Gasteiger partial charge in [0.2, 0.25) is 0 Å². The van der Waals surface area contributed by atoms with E-state index in [4.69, 9.17) is 0 Å². The maximum atomic E-state index is 12.6. The van der Waals surface area contributed by atoms with Crippen LogP contribution in [0.2, 0.25) is 0 Å². The second-order valence-corrected chi connectivity index (χ2v) is 6.09. The normalized spacial score (nSPS) is 14.4. The molecule has 1 fully saturated rings. The largest absolute Gasteiger partial charge is 0.385 e. The first-order chi connectivity index (χ1) is 9.61. The molecule has 1 aliphatic rings. The molecule has 110 valence electrons. The fraction of sp³-hybridized carbons (Fsp3) is 0.588.